The van der Waals surface area contributed by atoms with Crippen LogP contribution in [0.1, 0.15) is 10.4 Å². The molecule has 0 spiro atoms. The molecule has 0 radical (unpaired) electrons. The Morgan fingerprint density at radius 2 is 1.49 bits per heavy atom. The number of fused-ring (bicyclic) bond motifs is 2. The van der Waals surface area contributed by atoms with Crippen LogP contribution >= 0.6 is 0 Å². The Balaban J connectivity index is 1.60. The van der Waals surface area contributed by atoms with Crippen LogP contribution in [0, 0.1) is 0 Å². The van der Waals surface area contributed by atoms with E-state index in [0.29, 0.717) is 17.0 Å². The van der Waals surface area contributed by atoms with Crippen LogP contribution in [0.5, 0.6) is 5.75 Å². The predicted molar refractivity (Wildman–Crippen MR) is 137 cm³/mol. The van der Waals surface area contributed by atoms with Gasteiger partial charge < -0.3 is 10.1 Å². The Hall–Kier alpha value is -4.43. The van der Waals surface area contributed by atoms with Crippen molar-refractivity contribution < 1.29 is 17.9 Å². The van der Waals surface area contributed by atoms with Crippen molar-refractivity contribution in [1.29, 1.82) is 0 Å². The van der Waals surface area contributed by atoms with Crippen molar-refractivity contribution in [1.82, 2.24) is 4.98 Å². The maximum absolute atomic E-state index is 13.5. The second-order valence-corrected chi connectivity index (χ2v) is 9.55. The Morgan fingerprint density at radius 1 is 0.800 bits per heavy atom. The average Bonchev–Trinajstić information content (AvgIpc) is 2.88. The highest BCUT2D eigenvalue weighted by Gasteiger charge is 2.21. The first-order valence-corrected chi connectivity index (χ1v) is 12.3. The van der Waals surface area contributed by atoms with Gasteiger partial charge in [0.15, 0.2) is 0 Å². The highest BCUT2D eigenvalue weighted by atomic mass is 32.2. The van der Waals surface area contributed by atoms with Crippen LogP contribution in [-0.2, 0) is 10.0 Å². The molecular weight excluding hydrogens is 462 g/mol. The standard InChI is InChI=1S/C27H21N3O4S/c1-34-21-14-20-10-7-13-28-26(20)25(17-21)29-27(31)23-15-18-8-5-6-9-19(18)16-24(23)30-35(32,33)22-11-3-2-4-12-22/h2-17,30H,1H3,(H,29,31). The molecule has 0 bridgehead atoms. The molecule has 1 amide bonds. The number of nitrogens with zero attached hydrogens (tertiary/aromatic N) is 1. The van der Waals surface area contributed by atoms with Gasteiger partial charge in [-0.2, -0.15) is 0 Å². The molecule has 174 valence electrons. The number of pyridine rings is 1. The second kappa shape index (κ2) is 9.08. The largest absolute Gasteiger partial charge is 0.497 e. The third-order valence-corrected chi connectivity index (χ3v) is 6.97. The quantitative estimate of drug-likeness (QED) is 0.335. The molecule has 0 unspecified atom stereocenters. The van der Waals surface area contributed by atoms with Gasteiger partial charge in [0.2, 0.25) is 0 Å². The van der Waals surface area contributed by atoms with E-state index in [0.717, 1.165) is 16.2 Å². The molecule has 0 saturated carbocycles. The molecule has 1 heterocycles. The molecule has 0 aliphatic heterocycles. The summed E-state index contributed by atoms with van der Waals surface area (Å²) in [5.41, 5.74) is 1.39. The molecule has 2 N–H and O–H groups in total. The summed E-state index contributed by atoms with van der Waals surface area (Å²) < 4.78 is 34.1. The first kappa shape index (κ1) is 22.4. The molecule has 0 fully saturated rings. The fourth-order valence-electron chi connectivity index (χ4n) is 3.88. The summed E-state index contributed by atoms with van der Waals surface area (Å²) in [5, 5.41) is 5.28. The molecule has 1 aromatic heterocycles. The Kier molecular flexibility index (Phi) is 5.80. The third-order valence-electron chi connectivity index (χ3n) is 5.59. The van der Waals surface area contributed by atoms with Gasteiger partial charge in [-0.1, -0.05) is 48.5 Å². The molecule has 35 heavy (non-hydrogen) atoms. The number of hydrogen-bond donors (Lipinski definition) is 2. The fourth-order valence-corrected chi connectivity index (χ4v) is 4.98. The van der Waals surface area contributed by atoms with Gasteiger partial charge in [-0.05, 0) is 47.2 Å². The Morgan fingerprint density at radius 3 is 2.23 bits per heavy atom. The van der Waals surface area contributed by atoms with Crippen molar-refractivity contribution >= 4 is 49.0 Å². The number of benzene rings is 4. The lowest BCUT2D eigenvalue weighted by atomic mass is 10.0. The molecule has 0 aliphatic carbocycles. The number of rotatable bonds is 6. The normalized spacial score (nSPS) is 11.3. The second-order valence-electron chi connectivity index (χ2n) is 7.87. The SMILES string of the molecule is COc1cc(NC(=O)c2cc3ccccc3cc2NS(=O)(=O)c2ccccc2)c2ncccc2c1. The maximum atomic E-state index is 13.5. The summed E-state index contributed by atoms with van der Waals surface area (Å²) in [6.07, 6.45) is 1.64. The molecule has 7 nitrogen and oxygen atoms in total. The third kappa shape index (κ3) is 4.51. The van der Waals surface area contributed by atoms with Gasteiger partial charge in [-0.25, -0.2) is 8.42 Å². The van der Waals surface area contributed by atoms with Crippen LogP contribution in [0.4, 0.5) is 11.4 Å². The number of carbonyl (C=O) groups is 1. The summed E-state index contributed by atoms with van der Waals surface area (Å²) in [6, 6.07) is 26.0. The predicted octanol–water partition coefficient (Wildman–Crippen LogP) is 5.45. The van der Waals surface area contributed by atoms with Crippen molar-refractivity contribution in [3.63, 3.8) is 0 Å². The lowest BCUT2D eigenvalue weighted by Gasteiger charge is -2.15. The zero-order valence-corrected chi connectivity index (χ0v) is 19.5. The summed E-state index contributed by atoms with van der Waals surface area (Å²) in [4.78, 5) is 18.0. The number of sulfonamides is 1. The van der Waals surface area contributed by atoms with Gasteiger partial charge in [-0.15, -0.1) is 0 Å². The van der Waals surface area contributed by atoms with Crippen molar-refractivity contribution in [2.45, 2.75) is 4.90 Å². The smallest absolute Gasteiger partial charge is 0.261 e. The van der Waals surface area contributed by atoms with Gasteiger partial charge in [0.1, 0.15) is 5.75 Å². The van der Waals surface area contributed by atoms with Crippen molar-refractivity contribution in [2.75, 3.05) is 17.1 Å². The Bertz CT molecular complexity index is 1670. The number of methoxy groups -OCH3 is 1. The summed E-state index contributed by atoms with van der Waals surface area (Å²) in [5.74, 6) is 0.0750. The van der Waals surface area contributed by atoms with E-state index >= 15 is 0 Å². The summed E-state index contributed by atoms with van der Waals surface area (Å²) in [7, 11) is -2.37. The minimum absolute atomic E-state index is 0.0995. The van der Waals surface area contributed by atoms with E-state index in [2.05, 4.69) is 15.0 Å². The number of carbonyl (C=O) groups excluding carboxylic acids is 1. The highest BCUT2D eigenvalue weighted by molar-refractivity contribution is 7.92. The van der Waals surface area contributed by atoms with E-state index < -0.39 is 15.9 Å². The average molecular weight is 484 g/mol. The van der Waals surface area contributed by atoms with Crippen molar-refractivity contribution in [3.8, 4) is 5.75 Å². The van der Waals surface area contributed by atoms with Crippen LogP contribution in [0.2, 0.25) is 0 Å². The van der Waals surface area contributed by atoms with Crippen LogP contribution in [0.25, 0.3) is 21.7 Å². The van der Waals surface area contributed by atoms with E-state index in [4.69, 9.17) is 4.74 Å². The van der Waals surface area contributed by atoms with Crippen molar-refractivity contribution in [2.24, 2.45) is 0 Å². The fraction of sp³-hybridized carbons (Fsp3) is 0.0370. The number of ether oxygens (including phenoxy) is 1. The zero-order chi connectivity index (χ0) is 24.4. The number of amides is 1. The van der Waals surface area contributed by atoms with E-state index in [1.54, 1.807) is 55.8 Å². The van der Waals surface area contributed by atoms with Crippen LogP contribution in [0.15, 0.2) is 102 Å². The lowest BCUT2D eigenvalue weighted by Crippen LogP contribution is -2.19. The molecular formula is C27H21N3O4S. The minimum atomic E-state index is -3.92. The minimum Gasteiger partial charge on any atom is -0.497 e. The zero-order valence-electron chi connectivity index (χ0n) is 18.7. The number of nitrogens with one attached hydrogen (secondary N) is 2. The molecule has 5 aromatic rings. The van der Waals surface area contributed by atoms with Gasteiger partial charge in [0, 0.05) is 17.6 Å². The van der Waals surface area contributed by atoms with Gasteiger partial charge in [0.05, 0.1) is 34.5 Å². The lowest BCUT2D eigenvalue weighted by molar-refractivity contribution is 0.102. The Labute approximate surface area is 202 Å². The van der Waals surface area contributed by atoms with Crippen LogP contribution in [0.3, 0.4) is 0 Å². The molecule has 8 heteroatoms. The monoisotopic (exact) mass is 483 g/mol. The highest BCUT2D eigenvalue weighted by Crippen LogP contribution is 2.31. The van der Waals surface area contributed by atoms with E-state index in [1.807, 2.05) is 36.4 Å². The van der Waals surface area contributed by atoms with Crippen molar-refractivity contribution in [3.05, 3.63) is 103 Å². The van der Waals surface area contributed by atoms with Crippen LogP contribution in [-0.4, -0.2) is 26.4 Å². The molecule has 4 aromatic carbocycles. The van der Waals surface area contributed by atoms with E-state index in [1.165, 1.54) is 12.1 Å². The van der Waals surface area contributed by atoms with Crippen LogP contribution < -0.4 is 14.8 Å². The van der Waals surface area contributed by atoms with Gasteiger partial charge >= 0.3 is 0 Å². The first-order valence-electron chi connectivity index (χ1n) is 10.8. The topological polar surface area (TPSA) is 97.4 Å². The summed E-state index contributed by atoms with van der Waals surface area (Å²) >= 11 is 0. The maximum Gasteiger partial charge on any atom is 0.261 e. The number of hydrogen-bond acceptors (Lipinski definition) is 5. The molecule has 0 atom stereocenters. The molecule has 0 saturated heterocycles. The van der Waals surface area contributed by atoms with Gasteiger partial charge in [-0.3, -0.25) is 14.5 Å². The van der Waals surface area contributed by atoms with E-state index in [-0.39, 0.29) is 16.1 Å². The van der Waals surface area contributed by atoms with E-state index in [9.17, 15) is 13.2 Å². The molecule has 5 rings (SSSR count). The molecule has 0 aliphatic rings. The summed E-state index contributed by atoms with van der Waals surface area (Å²) in [6.45, 7) is 0. The number of anilines is 2. The first-order chi connectivity index (χ1) is 16.9. The number of aromatic nitrogens is 1. The van der Waals surface area contributed by atoms with Gasteiger partial charge in [0.25, 0.3) is 15.9 Å².